The second kappa shape index (κ2) is 10.1. The van der Waals surface area contributed by atoms with Gasteiger partial charge in [0, 0.05) is 17.7 Å². The first-order valence-corrected chi connectivity index (χ1v) is 10.5. The maximum Gasteiger partial charge on any atom is 0.240 e. The van der Waals surface area contributed by atoms with Gasteiger partial charge in [0.05, 0.1) is 19.9 Å². The van der Waals surface area contributed by atoms with E-state index in [1.807, 2.05) is 37.3 Å². The van der Waals surface area contributed by atoms with E-state index >= 15 is 0 Å². The summed E-state index contributed by atoms with van der Waals surface area (Å²) in [5, 5.41) is 13.6. The number of hydrogen-bond donors (Lipinski definition) is 2. The molecular formula is C22H24N4O4S. The Bertz CT molecular complexity index is 1030. The minimum atomic E-state index is -0.555. The summed E-state index contributed by atoms with van der Waals surface area (Å²) >= 11 is 1.19. The number of nitrogens with one attached hydrogen (secondary N) is 2. The Morgan fingerprint density at radius 3 is 2.52 bits per heavy atom. The summed E-state index contributed by atoms with van der Waals surface area (Å²) in [7, 11) is 3.13. The summed E-state index contributed by atoms with van der Waals surface area (Å²) in [6, 6.07) is 12.9. The van der Waals surface area contributed by atoms with E-state index in [2.05, 4.69) is 20.8 Å². The fraction of sp³-hybridized carbons (Fsp3) is 0.273. The van der Waals surface area contributed by atoms with Gasteiger partial charge in [-0.3, -0.25) is 9.59 Å². The summed E-state index contributed by atoms with van der Waals surface area (Å²) in [5.74, 6) is 0.714. The van der Waals surface area contributed by atoms with Crippen LogP contribution >= 0.6 is 11.8 Å². The number of amides is 2. The molecule has 0 unspecified atom stereocenters. The molecule has 1 fully saturated rings. The molecule has 0 aromatic heterocycles. The normalized spacial score (nSPS) is 17.4. The number of carbonyl (C=O) groups is 2. The maximum atomic E-state index is 12.3. The van der Waals surface area contributed by atoms with Crippen LogP contribution in [0.15, 0.2) is 52.7 Å². The Kier molecular flexibility index (Phi) is 7.30. The van der Waals surface area contributed by atoms with Crippen molar-refractivity contribution in [1.29, 1.82) is 0 Å². The fourth-order valence-corrected chi connectivity index (χ4v) is 3.76. The van der Waals surface area contributed by atoms with Gasteiger partial charge in [0.15, 0.2) is 16.7 Å². The van der Waals surface area contributed by atoms with Crippen molar-refractivity contribution in [3.05, 3.63) is 53.6 Å². The molecule has 0 saturated carbocycles. The van der Waals surface area contributed by atoms with Crippen LogP contribution in [-0.2, 0) is 9.59 Å². The standard InChI is InChI=1S/C22H24N4O4S/c1-13-5-8-16(9-6-13)23-20(27)12-19-21(28)24-22(31-19)26-25-14(2)15-7-10-17(29-3)18(11-15)30-4/h5-11,19H,12H2,1-4H3,(H,23,27)(H,24,26,28)/t19-/m0/s1. The van der Waals surface area contributed by atoms with E-state index in [1.165, 1.54) is 11.8 Å². The molecule has 2 N–H and O–H groups in total. The summed E-state index contributed by atoms with van der Waals surface area (Å²) in [6.45, 7) is 3.78. The summed E-state index contributed by atoms with van der Waals surface area (Å²) in [4.78, 5) is 24.5. The first-order chi connectivity index (χ1) is 14.9. The molecule has 162 valence electrons. The number of methoxy groups -OCH3 is 2. The first kappa shape index (κ1) is 22.4. The van der Waals surface area contributed by atoms with E-state index in [-0.39, 0.29) is 18.2 Å². The van der Waals surface area contributed by atoms with E-state index in [1.54, 1.807) is 33.3 Å². The monoisotopic (exact) mass is 440 g/mol. The predicted molar refractivity (Wildman–Crippen MR) is 123 cm³/mol. The Hall–Kier alpha value is -3.33. The third kappa shape index (κ3) is 5.85. The van der Waals surface area contributed by atoms with Crippen molar-refractivity contribution >= 4 is 40.1 Å². The molecule has 2 aromatic rings. The molecular weight excluding hydrogens is 416 g/mol. The van der Waals surface area contributed by atoms with Crippen molar-refractivity contribution in [2.45, 2.75) is 25.5 Å². The molecule has 1 atom stereocenters. The Morgan fingerprint density at radius 1 is 1.13 bits per heavy atom. The highest BCUT2D eigenvalue weighted by molar-refractivity contribution is 8.15. The van der Waals surface area contributed by atoms with Gasteiger partial charge in [0.25, 0.3) is 0 Å². The molecule has 1 aliphatic heterocycles. The Morgan fingerprint density at radius 2 is 1.84 bits per heavy atom. The third-order valence-electron chi connectivity index (χ3n) is 4.57. The number of thioether (sulfide) groups is 1. The molecule has 0 spiro atoms. The van der Waals surface area contributed by atoms with Crippen LogP contribution in [0.5, 0.6) is 11.5 Å². The molecule has 1 saturated heterocycles. The minimum Gasteiger partial charge on any atom is -0.493 e. The molecule has 0 bridgehead atoms. The lowest BCUT2D eigenvalue weighted by atomic mass is 10.1. The van der Waals surface area contributed by atoms with Gasteiger partial charge in [-0.1, -0.05) is 29.5 Å². The van der Waals surface area contributed by atoms with Gasteiger partial charge >= 0.3 is 0 Å². The number of carbonyl (C=O) groups excluding carboxylic acids is 2. The molecule has 1 aliphatic rings. The number of aryl methyl sites for hydroxylation is 1. The third-order valence-corrected chi connectivity index (χ3v) is 5.65. The van der Waals surface area contributed by atoms with Gasteiger partial charge in [-0.05, 0) is 44.2 Å². The quantitative estimate of drug-likeness (QED) is 0.508. The maximum absolute atomic E-state index is 12.3. The van der Waals surface area contributed by atoms with Crippen molar-refractivity contribution in [2.24, 2.45) is 10.2 Å². The number of amidine groups is 1. The molecule has 0 aliphatic carbocycles. The van der Waals surface area contributed by atoms with Crippen LogP contribution in [-0.4, -0.2) is 42.2 Å². The molecule has 8 nitrogen and oxygen atoms in total. The number of benzene rings is 2. The highest BCUT2D eigenvalue weighted by Gasteiger charge is 2.32. The van der Waals surface area contributed by atoms with Gasteiger partial charge in [-0.25, -0.2) is 0 Å². The van der Waals surface area contributed by atoms with Crippen LogP contribution in [0.3, 0.4) is 0 Å². The van der Waals surface area contributed by atoms with Crippen LogP contribution in [0.2, 0.25) is 0 Å². The van der Waals surface area contributed by atoms with E-state index in [0.717, 1.165) is 11.1 Å². The number of ether oxygens (including phenoxy) is 2. The van der Waals surface area contributed by atoms with Crippen LogP contribution in [0.1, 0.15) is 24.5 Å². The lowest BCUT2D eigenvalue weighted by Crippen LogP contribution is -2.28. The van der Waals surface area contributed by atoms with Crippen LogP contribution in [0.4, 0.5) is 5.69 Å². The molecule has 2 amide bonds. The second-order valence-electron chi connectivity index (χ2n) is 6.87. The first-order valence-electron chi connectivity index (χ1n) is 9.58. The van der Waals surface area contributed by atoms with Gasteiger partial charge in [0.1, 0.15) is 5.25 Å². The molecule has 3 rings (SSSR count). The number of nitrogens with zero attached hydrogens (tertiary/aromatic N) is 2. The highest BCUT2D eigenvalue weighted by atomic mass is 32.2. The number of hydrogen-bond acceptors (Lipinski definition) is 7. The average molecular weight is 441 g/mol. The predicted octanol–water partition coefficient (Wildman–Crippen LogP) is 3.35. The van der Waals surface area contributed by atoms with Gasteiger partial charge in [0.2, 0.25) is 11.8 Å². The molecule has 1 heterocycles. The van der Waals surface area contributed by atoms with Crippen molar-refractivity contribution in [3.63, 3.8) is 0 Å². The highest BCUT2D eigenvalue weighted by Crippen LogP contribution is 2.28. The van der Waals surface area contributed by atoms with Crippen molar-refractivity contribution in [3.8, 4) is 11.5 Å². The molecule has 2 aromatic carbocycles. The summed E-state index contributed by atoms with van der Waals surface area (Å²) in [6.07, 6.45) is 0.0434. The summed E-state index contributed by atoms with van der Waals surface area (Å²) < 4.78 is 10.5. The molecule has 9 heteroatoms. The number of anilines is 1. The molecule has 31 heavy (non-hydrogen) atoms. The second-order valence-corrected chi connectivity index (χ2v) is 8.07. The zero-order valence-electron chi connectivity index (χ0n) is 17.8. The van der Waals surface area contributed by atoms with Crippen LogP contribution < -0.4 is 20.1 Å². The van der Waals surface area contributed by atoms with Crippen LogP contribution in [0.25, 0.3) is 0 Å². The van der Waals surface area contributed by atoms with Gasteiger partial charge < -0.3 is 20.1 Å². The topological polar surface area (TPSA) is 101 Å². The largest absolute Gasteiger partial charge is 0.493 e. The minimum absolute atomic E-state index is 0.0434. The fourth-order valence-electron chi connectivity index (χ4n) is 2.84. The van der Waals surface area contributed by atoms with Gasteiger partial charge in [-0.2, -0.15) is 5.10 Å². The van der Waals surface area contributed by atoms with Crippen molar-refractivity contribution in [1.82, 2.24) is 5.32 Å². The van der Waals surface area contributed by atoms with E-state index in [0.29, 0.717) is 28.1 Å². The molecule has 0 radical (unpaired) electrons. The SMILES string of the molecule is COc1ccc(C(C)=NN=C2NC(=O)[C@H](CC(=O)Nc3ccc(C)cc3)S2)cc1OC. The average Bonchev–Trinajstić information content (AvgIpc) is 3.12. The van der Waals surface area contributed by atoms with Gasteiger partial charge in [-0.15, -0.1) is 5.10 Å². The van der Waals surface area contributed by atoms with Crippen molar-refractivity contribution < 1.29 is 19.1 Å². The van der Waals surface area contributed by atoms with E-state index in [4.69, 9.17) is 9.47 Å². The smallest absolute Gasteiger partial charge is 0.240 e. The number of rotatable bonds is 7. The Labute approximate surface area is 185 Å². The van der Waals surface area contributed by atoms with E-state index < -0.39 is 5.25 Å². The van der Waals surface area contributed by atoms with Crippen molar-refractivity contribution in [2.75, 3.05) is 19.5 Å². The van der Waals surface area contributed by atoms with Crippen LogP contribution in [0, 0.1) is 6.92 Å². The lowest BCUT2D eigenvalue weighted by molar-refractivity contribution is -0.122. The zero-order chi connectivity index (χ0) is 22.4. The van der Waals surface area contributed by atoms with E-state index in [9.17, 15) is 9.59 Å². The summed E-state index contributed by atoms with van der Waals surface area (Å²) in [5.41, 5.74) is 3.26. The lowest BCUT2D eigenvalue weighted by Gasteiger charge is -2.08. The Balaban J connectivity index is 1.62. The zero-order valence-corrected chi connectivity index (χ0v) is 18.6.